The van der Waals surface area contributed by atoms with Gasteiger partial charge in [0.15, 0.2) is 5.69 Å². The highest BCUT2D eigenvalue weighted by molar-refractivity contribution is 8.00. The zero-order chi connectivity index (χ0) is 11.4. The third kappa shape index (κ3) is 2.59. The van der Waals surface area contributed by atoms with E-state index in [1.807, 2.05) is 30.3 Å². The van der Waals surface area contributed by atoms with Crippen molar-refractivity contribution in [3.63, 3.8) is 0 Å². The minimum atomic E-state index is -1.02. The second kappa shape index (κ2) is 5.09. The number of hydrogen-bond acceptors (Lipinski definition) is 5. The molecule has 0 amide bonds. The second-order valence-electron chi connectivity index (χ2n) is 2.99. The van der Waals surface area contributed by atoms with Gasteiger partial charge in [-0.25, -0.2) is 4.79 Å². The van der Waals surface area contributed by atoms with Gasteiger partial charge in [-0.15, -0.1) is 16.9 Å². The lowest BCUT2D eigenvalue weighted by Gasteiger charge is -1.98. The number of rotatable bonds is 4. The van der Waals surface area contributed by atoms with Crippen molar-refractivity contribution >= 4 is 29.3 Å². The zero-order valence-corrected chi connectivity index (χ0v) is 9.79. The fourth-order valence-electron chi connectivity index (χ4n) is 1.13. The summed E-state index contributed by atoms with van der Waals surface area (Å²) in [5, 5.41) is 12.4. The standard InChI is InChI=1S/C10H8N2O2S2/c13-9(14)8-10(16-12-11-8)15-6-7-4-2-1-3-5-7/h1-5H,6H2,(H,13,14). The molecule has 0 aliphatic heterocycles. The molecular weight excluding hydrogens is 244 g/mol. The van der Waals surface area contributed by atoms with Crippen molar-refractivity contribution in [1.29, 1.82) is 0 Å². The summed E-state index contributed by atoms with van der Waals surface area (Å²) >= 11 is 2.57. The molecule has 1 heterocycles. The van der Waals surface area contributed by atoms with Crippen LogP contribution in [0, 0.1) is 0 Å². The first-order valence-electron chi connectivity index (χ1n) is 4.50. The molecule has 16 heavy (non-hydrogen) atoms. The molecule has 0 atom stereocenters. The van der Waals surface area contributed by atoms with Gasteiger partial charge in [0.05, 0.1) is 0 Å². The van der Waals surface area contributed by atoms with Gasteiger partial charge >= 0.3 is 5.97 Å². The zero-order valence-electron chi connectivity index (χ0n) is 8.16. The Morgan fingerprint density at radius 1 is 1.38 bits per heavy atom. The monoisotopic (exact) mass is 252 g/mol. The van der Waals surface area contributed by atoms with Crippen molar-refractivity contribution in [1.82, 2.24) is 9.59 Å². The van der Waals surface area contributed by atoms with E-state index in [-0.39, 0.29) is 5.69 Å². The third-order valence-electron chi connectivity index (χ3n) is 1.87. The van der Waals surface area contributed by atoms with Gasteiger partial charge in [-0.2, -0.15) is 0 Å². The summed E-state index contributed by atoms with van der Waals surface area (Å²) in [4.78, 5) is 10.8. The van der Waals surface area contributed by atoms with Crippen molar-refractivity contribution in [3.8, 4) is 0 Å². The van der Waals surface area contributed by atoms with E-state index in [2.05, 4.69) is 9.59 Å². The van der Waals surface area contributed by atoms with Crippen molar-refractivity contribution in [2.24, 2.45) is 0 Å². The van der Waals surface area contributed by atoms with E-state index in [1.165, 1.54) is 11.8 Å². The Bertz CT molecular complexity index is 485. The van der Waals surface area contributed by atoms with E-state index >= 15 is 0 Å². The number of carboxylic acids is 1. The Kier molecular flexibility index (Phi) is 3.53. The van der Waals surface area contributed by atoms with Gasteiger partial charge in [-0.3, -0.25) is 0 Å². The van der Waals surface area contributed by atoms with Crippen LogP contribution in [0.5, 0.6) is 0 Å². The van der Waals surface area contributed by atoms with E-state index in [4.69, 9.17) is 5.11 Å². The van der Waals surface area contributed by atoms with Crippen LogP contribution in [0.15, 0.2) is 34.5 Å². The molecule has 0 radical (unpaired) electrons. The maximum absolute atomic E-state index is 10.8. The Hall–Kier alpha value is -1.40. The predicted molar refractivity (Wildman–Crippen MR) is 62.9 cm³/mol. The van der Waals surface area contributed by atoms with Gasteiger partial charge in [-0.1, -0.05) is 34.8 Å². The van der Waals surface area contributed by atoms with E-state index in [9.17, 15) is 4.79 Å². The average Bonchev–Trinajstić information content (AvgIpc) is 2.76. The molecule has 0 saturated heterocycles. The van der Waals surface area contributed by atoms with Crippen molar-refractivity contribution < 1.29 is 9.90 Å². The Balaban J connectivity index is 2.05. The van der Waals surface area contributed by atoms with Crippen molar-refractivity contribution in [2.45, 2.75) is 9.96 Å². The summed E-state index contributed by atoms with van der Waals surface area (Å²) < 4.78 is 4.30. The summed E-state index contributed by atoms with van der Waals surface area (Å²) in [5.74, 6) is -0.297. The number of aromatic nitrogens is 2. The summed E-state index contributed by atoms with van der Waals surface area (Å²) in [7, 11) is 0. The second-order valence-corrected chi connectivity index (χ2v) is 4.99. The normalized spacial score (nSPS) is 10.2. The Morgan fingerprint density at radius 3 is 2.81 bits per heavy atom. The summed E-state index contributed by atoms with van der Waals surface area (Å²) in [5.41, 5.74) is 1.20. The van der Waals surface area contributed by atoms with Crippen LogP contribution in [0.25, 0.3) is 0 Å². The molecule has 1 N–H and O–H groups in total. The lowest BCUT2D eigenvalue weighted by atomic mass is 10.2. The van der Waals surface area contributed by atoms with Crippen LogP contribution in [-0.4, -0.2) is 20.7 Å². The maximum Gasteiger partial charge on any atom is 0.358 e. The summed E-state index contributed by atoms with van der Waals surface area (Å²) in [6.07, 6.45) is 0. The molecule has 0 bridgehead atoms. The molecule has 0 saturated carbocycles. The van der Waals surface area contributed by atoms with Crippen LogP contribution >= 0.6 is 23.3 Å². The molecule has 0 spiro atoms. The van der Waals surface area contributed by atoms with Gasteiger partial charge in [-0.05, 0) is 17.1 Å². The molecule has 82 valence electrons. The fraction of sp³-hybridized carbons (Fsp3) is 0.100. The molecule has 2 rings (SSSR count). The van der Waals surface area contributed by atoms with Crippen LogP contribution in [0.1, 0.15) is 16.1 Å². The van der Waals surface area contributed by atoms with Crippen molar-refractivity contribution in [3.05, 3.63) is 41.6 Å². The van der Waals surface area contributed by atoms with Gasteiger partial charge in [0.1, 0.15) is 4.21 Å². The molecule has 4 nitrogen and oxygen atoms in total. The number of aromatic carboxylic acids is 1. The van der Waals surface area contributed by atoms with Crippen LogP contribution in [0.2, 0.25) is 0 Å². The highest BCUT2D eigenvalue weighted by Crippen LogP contribution is 2.28. The van der Waals surface area contributed by atoms with Gasteiger partial charge in [0.25, 0.3) is 0 Å². The third-order valence-corrected chi connectivity index (χ3v) is 3.91. The number of thioether (sulfide) groups is 1. The molecule has 6 heteroatoms. The minimum absolute atomic E-state index is 0.0472. The number of carbonyl (C=O) groups is 1. The molecule has 0 unspecified atom stereocenters. The van der Waals surface area contributed by atoms with Gasteiger partial charge < -0.3 is 5.11 Å². The smallest absolute Gasteiger partial charge is 0.358 e. The maximum atomic E-state index is 10.8. The Morgan fingerprint density at radius 2 is 2.12 bits per heavy atom. The molecule has 0 aliphatic carbocycles. The Labute approximate surface area is 100 Å². The van der Waals surface area contributed by atoms with Crippen LogP contribution in [-0.2, 0) is 5.75 Å². The summed E-state index contributed by atoms with van der Waals surface area (Å²) in [6, 6.07) is 9.87. The number of benzene rings is 1. The van der Waals surface area contributed by atoms with E-state index in [1.54, 1.807) is 0 Å². The average molecular weight is 252 g/mol. The molecule has 1 aromatic heterocycles. The van der Waals surface area contributed by atoms with E-state index in [0.29, 0.717) is 4.21 Å². The quantitative estimate of drug-likeness (QED) is 0.847. The predicted octanol–water partition coefficient (Wildman–Crippen LogP) is 2.53. The first kappa shape index (κ1) is 11.1. The lowest BCUT2D eigenvalue weighted by Crippen LogP contribution is -1.98. The first-order chi connectivity index (χ1) is 7.77. The molecule has 2 aromatic rings. The minimum Gasteiger partial charge on any atom is -0.476 e. The molecule has 1 aromatic carbocycles. The number of hydrogen-bond donors (Lipinski definition) is 1. The van der Waals surface area contributed by atoms with Crippen LogP contribution in [0.3, 0.4) is 0 Å². The van der Waals surface area contributed by atoms with Gasteiger partial charge in [0.2, 0.25) is 0 Å². The molecular formula is C10H8N2O2S2. The highest BCUT2D eigenvalue weighted by Gasteiger charge is 2.15. The fourth-order valence-corrected chi connectivity index (χ4v) is 2.78. The summed E-state index contributed by atoms with van der Waals surface area (Å²) in [6.45, 7) is 0. The molecule has 0 fully saturated rings. The topological polar surface area (TPSA) is 63.1 Å². The van der Waals surface area contributed by atoms with E-state index in [0.717, 1.165) is 22.8 Å². The SMILES string of the molecule is O=C(O)c1nnsc1SCc1ccccc1. The van der Waals surface area contributed by atoms with Crippen LogP contribution < -0.4 is 0 Å². The largest absolute Gasteiger partial charge is 0.476 e. The lowest BCUT2D eigenvalue weighted by molar-refractivity contribution is 0.0687. The van der Waals surface area contributed by atoms with Crippen LogP contribution in [0.4, 0.5) is 0 Å². The highest BCUT2D eigenvalue weighted by atomic mass is 32.2. The van der Waals surface area contributed by atoms with Crippen molar-refractivity contribution in [2.75, 3.05) is 0 Å². The molecule has 0 aliphatic rings. The number of carboxylic acid groups (broad SMARTS) is 1. The van der Waals surface area contributed by atoms with E-state index < -0.39 is 5.97 Å². The number of nitrogens with zero attached hydrogens (tertiary/aromatic N) is 2. The first-order valence-corrected chi connectivity index (χ1v) is 6.25. The van der Waals surface area contributed by atoms with Gasteiger partial charge in [0, 0.05) is 5.75 Å².